The SMILES string of the molecule is CCC(C(=O)O)(c1ccc(F)cn1)N1CCN(C)CC1. The Hall–Kier alpha value is -1.53. The first kappa shape index (κ1) is 14.9. The Bertz CT molecular complexity index is 472. The molecule has 1 aromatic heterocycles. The van der Waals surface area contributed by atoms with Crippen molar-refractivity contribution >= 4 is 5.97 Å². The molecular formula is C14H20FN3O2. The third-order valence-electron chi connectivity index (χ3n) is 4.06. The first-order chi connectivity index (χ1) is 9.50. The first-order valence-electron chi connectivity index (χ1n) is 6.79. The van der Waals surface area contributed by atoms with Gasteiger partial charge in [0.2, 0.25) is 0 Å². The molecule has 5 nitrogen and oxygen atoms in total. The number of aliphatic carboxylic acids is 1. The average Bonchev–Trinajstić information content (AvgIpc) is 2.43. The van der Waals surface area contributed by atoms with Crippen LogP contribution in [0.5, 0.6) is 0 Å². The molecule has 110 valence electrons. The smallest absolute Gasteiger partial charge is 0.330 e. The van der Waals surface area contributed by atoms with Crippen molar-refractivity contribution in [2.75, 3.05) is 33.2 Å². The Morgan fingerprint density at radius 1 is 1.40 bits per heavy atom. The van der Waals surface area contributed by atoms with Crippen LogP contribution in [0.4, 0.5) is 4.39 Å². The van der Waals surface area contributed by atoms with E-state index in [0.717, 1.165) is 19.3 Å². The van der Waals surface area contributed by atoms with Crippen LogP contribution in [-0.2, 0) is 10.3 Å². The Morgan fingerprint density at radius 3 is 2.50 bits per heavy atom. The van der Waals surface area contributed by atoms with Crippen LogP contribution >= 0.6 is 0 Å². The lowest BCUT2D eigenvalue weighted by atomic mass is 9.88. The summed E-state index contributed by atoms with van der Waals surface area (Å²) in [7, 11) is 2.02. The lowest BCUT2D eigenvalue weighted by Gasteiger charge is -2.43. The van der Waals surface area contributed by atoms with Gasteiger partial charge in [0.1, 0.15) is 5.82 Å². The lowest BCUT2D eigenvalue weighted by Crippen LogP contribution is -2.58. The molecule has 1 aliphatic rings. The van der Waals surface area contributed by atoms with Crippen molar-refractivity contribution in [3.05, 3.63) is 29.8 Å². The molecule has 1 saturated heterocycles. The maximum Gasteiger partial charge on any atom is 0.330 e. The zero-order valence-electron chi connectivity index (χ0n) is 11.8. The summed E-state index contributed by atoms with van der Waals surface area (Å²) in [5, 5.41) is 9.78. The van der Waals surface area contributed by atoms with Gasteiger partial charge in [0, 0.05) is 26.2 Å². The summed E-state index contributed by atoms with van der Waals surface area (Å²) in [6, 6.07) is 2.75. The van der Waals surface area contributed by atoms with Gasteiger partial charge in [-0.1, -0.05) is 6.92 Å². The summed E-state index contributed by atoms with van der Waals surface area (Å²) in [5.41, 5.74) is -0.770. The quantitative estimate of drug-likeness (QED) is 0.897. The number of nitrogens with zero attached hydrogens (tertiary/aromatic N) is 3. The number of carbonyl (C=O) groups is 1. The van der Waals surface area contributed by atoms with Gasteiger partial charge >= 0.3 is 5.97 Å². The minimum atomic E-state index is -1.17. The van der Waals surface area contributed by atoms with E-state index in [-0.39, 0.29) is 0 Å². The van der Waals surface area contributed by atoms with Gasteiger partial charge in [-0.15, -0.1) is 0 Å². The topological polar surface area (TPSA) is 56.7 Å². The van der Waals surface area contributed by atoms with Gasteiger partial charge in [-0.05, 0) is 25.6 Å². The standard InChI is InChI=1S/C14H20FN3O2/c1-3-14(13(19)20,12-5-4-11(15)10-16-12)18-8-6-17(2)7-9-18/h4-5,10H,3,6-9H2,1-2H3,(H,19,20). The Labute approximate surface area is 118 Å². The highest BCUT2D eigenvalue weighted by molar-refractivity contribution is 5.80. The third kappa shape index (κ3) is 2.53. The van der Waals surface area contributed by atoms with Crippen LogP contribution < -0.4 is 0 Å². The van der Waals surface area contributed by atoms with Gasteiger partial charge in [0.15, 0.2) is 5.54 Å². The fourth-order valence-corrected chi connectivity index (χ4v) is 2.77. The first-order valence-corrected chi connectivity index (χ1v) is 6.79. The molecule has 0 aliphatic carbocycles. The molecule has 20 heavy (non-hydrogen) atoms. The molecule has 0 amide bonds. The van der Waals surface area contributed by atoms with Crippen LogP contribution in [0.25, 0.3) is 0 Å². The predicted octanol–water partition coefficient (Wildman–Crippen LogP) is 1.16. The molecular weight excluding hydrogens is 261 g/mol. The van der Waals surface area contributed by atoms with Crippen molar-refractivity contribution in [2.24, 2.45) is 0 Å². The van der Waals surface area contributed by atoms with Crippen molar-refractivity contribution in [3.8, 4) is 0 Å². The van der Waals surface area contributed by atoms with Crippen LogP contribution in [0.2, 0.25) is 0 Å². The Morgan fingerprint density at radius 2 is 2.05 bits per heavy atom. The van der Waals surface area contributed by atoms with Crippen LogP contribution in [0, 0.1) is 5.82 Å². The Kier molecular flexibility index (Phi) is 4.35. The maximum atomic E-state index is 13.0. The summed E-state index contributed by atoms with van der Waals surface area (Å²) >= 11 is 0. The number of aromatic nitrogens is 1. The van der Waals surface area contributed by atoms with Gasteiger partial charge < -0.3 is 10.0 Å². The summed E-state index contributed by atoms with van der Waals surface area (Å²) in [5.74, 6) is -1.38. The number of halogens is 1. The second-order valence-corrected chi connectivity index (χ2v) is 5.17. The van der Waals surface area contributed by atoms with Crippen molar-refractivity contribution in [2.45, 2.75) is 18.9 Å². The minimum absolute atomic E-state index is 0.394. The van der Waals surface area contributed by atoms with E-state index in [1.807, 2.05) is 18.9 Å². The molecule has 2 rings (SSSR count). The van der Waals surface area contributed by atoms with E-state index in [4.69, 9.17) is 0 Å². The van der Waals surface area contributed by atoms with Crippen molar-refractivity contribution in [3.63, 3.8) is 0 Å². The molecule has 0 radical (unpaired) electrons. The number of carboxylic acid groups (broad SMARTS) is 1. The molecule has 1 fully saturated rings. The number of carboxylic acids is 1. The number of rotatable bonds is 4. The molecule has 2 heterocycles. The fourth-order valence-electron chi connectivity index (χ4n) is 2.77. The van der Waals surface area contributed by atoms with E-state index in [2.05, 4.69) is 9.88 Å². The van der Waals surface area contributed by atoms with E-state index in [9.17, 15) is 14.3 Å². The summed E-state index contributed by atoms with van der Waals surface area (Å²) in [4.78, 5) is 20.1. The summed E-state index contributed by atoms with van der Waals surface area (Å²) < 4.78 is 13.0. The van der Waals surface area contributed by atoms with E-state index in [1.54, 1.807) is 0 Å². The highest BCUT2D eigenvalue weighted by Crippen LogP contribution is 2.32. The highest BCUT2D eigenvalue weighted by Gasteiger charge is 2.46. The average molecular weight is 281 g/mol. The van der Waals surface area contributed by atoms with Gasteiger partial charge in [-0.3, -0.25) is 9.88 Å². The number of likely N-dealkylation sites (N-methyl/N-ethyl adjacent to an activating group) is 1. The molecule has 0 aromatic carbocycles. The van der Waals surface area contributed by atoms with Gasteiger partial charge in [-0.25, -0.2) is 9.18 Å². The third-order valence-corrected chi connectivity index (χ3v) is 4.06. The lowest BCUT2D eigenvalue weighted by molar-refractivity contribution is -0.154. The van der Waals surface area contributed by atoms with Crippen molar-refractivity contribution in [1.29, 1.82) is 0 Å². The zero-order valence-corrected chi connectivity index (χ0v) is 11.8. The Balaban J connectivity index is 2.39. The molecule has 1 atom stereocenters. The van der Waals surface area contributed by atoms with Crippen LogP contribution in [0.15, 0.2) is 18.3 Å². The van der Waals surface area contributed by atoms with Crippen molar-refractivity contribution < 1.29 is 14.3 Å². The molecule has 1 aromatic rings. The van der Waals surface area contributed by atoms with E-state index in [0.29, 0.717) is 25.2 Å². The molecule has 1 N–H and O–H groups in total. The van der Waals surface area contributed by atoms with Crippen LogP contribution in [-0.4, -0.2) is 59.1 Å². The maximum absolute atomic E-state index is 13.0. The van der Waals surface area contributed by atoms with Gasteiger partial charge in [0.05, 0.1) is 11.9 Å². The van der Waals surface area contributed by atoms with E-state index < -0.39 is 17.3 Å². The van der Waals surface area contributed by atoms with Crippen LogP contribution in [0.3, 0.4) is 0 Å². The van der Waals surface area contributed by atoms with E-state index in [1.165, 1.54) is 12.1 Å². The number of hydrogen-bond acceptors (Lipinski definition) is 4. The second-order valence-electron chi connectivity index (χ2n) is 5.17. The molecule has 0 spiro atoms. The molecule has 1 aliphatic heterocycles. The molecule has 0 bridgehead atoms. The molecule has 6 heteroatoms. The summed E-state index contributed by atoms with van der Waals surface area (Å²) in [6.45, 7) is 4.79. The number of piperazine rings is 1. The zero-order chi connectivity index (χ0) is 14.8. The largest absolute Gasteiger partial charge is 0.480 e. The number of hydrogen-bond donors (Lipinski definition) is 1. The second kappa shape index (κ2) is 5.85. The minimum Gasteiger partial charge on any atom is -0.480 e. The van der Waals surface area contributed by atoms with E-state index >= 15 is 0 Å². The highest BCUT2D eigenvalue weighted by atomic mass is 19.1. The number of pyridine rings is 1. The monoisotopic (exact) mass is 281 g/mol. The predicted molar refractivity (Wildman–Crippen MR) is 72.9 cm³/mol. The van der Waals surface area contributed by atoms with Gasteiger partial charge in [-0.2, -0.15) is 0 Å². The molecule has 0 saturated carbocycles. The van der Waals surface area contributed by atoms with Crippen LogP contribution in [0.1, 0.15) is 19.0 Å². The normalized spacial score (nSPS) is 20.6. The molecule has 1 unspecified atom stereocenters. The van der Waals surface area contributed by atoms with Gasteiger partial charge in [0.25, 0.3) is 0 Å². The van der Waals surface area contributed by atoms with Crippen molar-refractivity contribution in [1.82, 2.24) is 14.8 Å². The fraction of sp³-hybridized carbons (Fsp3) is 0.571. The summed E-state index contributed by atoms with van der Waals surface area (Å²) in [6.07, 6.45) is 1.48.